The summed E-state index contributed by atoms with van der Waals surface area (Å²) in [4.78, 5) is 12.3. The topological polar surface area (TPSA) is 85.8 Å². The fourth-order valence-corrected chi connectivity index (χ4v) is 2.70. The molecule has 0 aliphatic rings. The molecular formula is C20H17N5O2. The molecule has 2 aromatic carbocycles. The minimum Gasteiger partial charge on any atom is -0.416 e. The van der Waals surface area contributed by atoms with Crippen molar-refractivity contribution in [1.82, 2.24) is 20.0 Å². The maximum Gasteiger partial charge on any atom is 0.256 e. The molecule has 27 heavy (non-hydrogen) atoms. The van der Waals surface area contributed by atoms with Crippen molar-refractivity contribution in [3.63, 3.8) is 0 Å². The number of amides is 1. The average Bonchev–Trinajstić information content (AvgIpc) is 3.31. The lowest BCUT2D eigenvalue weighted by atomic mass is 10.1. The van der Waals surface area contributed by atoms with E-state index in [1.807, 2.05) is 31.2 Å². The second-order valence-electron chi connectivity index (χ2n) is 6.13. The number of rotatable bonds is 4. The van der Waals surface area contributed by atoms with Crippen LogP contribution in [-0.2, 0) is 7.05 Å². The van der Waals surface area contributed by atoms with Crippen LogP contribution in [0.3, 0.4) is 0 Å². The van der Waals surface area contributed by atoms with Gasteiger partial charge in [0.25, 0.3) is 5.91 Å². The molecule has 0 saturated carbocycles. The monoisotopic (exact) mass is 359 g/mol. The van der Waals surface area contributed by atoms with Gasteiger partial charge in [0, 0.05) is 36.0 Å². The second kappa shape index (κ2) is 6.87. The molecule has 0 bridgehead atoms. The van der Waals surface area contributed by atoms with Crippen molar-refractivity contribution in [2.45, 2.75) is 6.92 Å². The lowest BCUT2D eigenvalue weighted by Crippen LogP contribution is -2.12. The van der Waals surface area contributed by atoms with Crippen molar-refractivity contribution < 1.29 is 9.21 Å². The number of aromatic nitrogens is 4. The van der Waals surface area contributed by atoms with Crippen molar-refractivity contribution >= 4 is 11.7 Å². The van der Waals surface area contributed by atoms with Crippen LogP contribution in [0.15, 0.2) is 65.2 Å². The first kappa shape index (κ1) is 16.7. The molecule has 0 radical (unpaired) electrons. The SMILES string of the molecule is Cc1ccccc1-c1nnc(-c2ccc(C(=O)Nc3ccn(C)n3)cc2)o1. The standard InChI is InChI=1S/C20H17N5O2/c1-13-5-3-4-6-16(13)20-23-22-19(27-20)15-9-7-14(8-10-15)18(26)21-17-11-12-25(2)24-17/h3-12H,1-2H3,(H,21,24,26). The first-order chi connectivity index (χ1) is 13.1. The smallest absolute Gasteiger partial charge is 0.256 e. The number of carbonyl (C=O) groups is 1. The summed E-state index contributed by atoms with van der Waals surface area (Å²) in [6, 6.07) is 16.6. The van der Waals surface area contributed by atoms with E-state index in [0.29, 0.717) is 23.2 Å². The van der Waals surface area contributed by atoms with Crippen molar-refractivity contribution in [2.75, 3.05) is 5.32 Å². The summed E-state index contributed by atoms with van der Waals surface area (Å²) in [5, 5.41) is 15.1. The van der Waals surface area contributed by atoms with Gasteiger partial charge in [0.1, 0.15) is 0 Å². The Bertz CT molecular complexity index is 1100. The Labute approximate surface area is 155 Å². The van der Waals surface area contributed by atoms with Gasteiger partial charge in [0.05, 0.1) is 0 Å². The van der Waals surface area contributed by atoms with E-state index in [1.54, 1.807) is 48.3 Å². The molecule has 0 spiro atoms. The van der Waals surface area contributed by atoms with Crippen LogP contribution >= 0.6 is 0 Å². The summed E-state index contributed by atoms with van der Waals surface area (Å²) in [6.07, 6.45) is 1.76. The molecular weight excluding hydrogens is 342 g/mol. The summed E-state index contributed by atoms with van der Waals surface area (Å²) >= 11 is 0. The van der Waals surface area contributed by atoms with E-state index in [2.05, 4.69) is 20.6 Å². The molecule has 7 nitrogen and oxygen atoms in total. The summed E-state index contributed by atoms with van der Waals surface area (Å²) in [7, 11) is 1.79. The fraction of sp³-hybridized carbons (Fsp3) is 0.100. The summed E-state index contributed by atoms with van der Waals surface area (Å²) in [5.41, 5.74) is 3.23. The summed E-state index contributed by atoms with van der Waals surface area (Å²) in [5.74, 6) is 1.16. The number of aryl methyl sites for hydroxylation is 2. The van der Waals surface area contributed by atoms with Gasteiger partial charge in [-0.3, -0.25) is 9.48 Å². The van der Waals surface area contributed by atoms with Crippen molar-refractivity contribution in [3.8, 4) is 22.9 Å². The van der Waals surface area contributed by atoms with E-state index in [-0.39, 0.29) is 5.91 Å². The van der Waals surface area contributed by atoms with Gasteiger partial charge in [-0.15, -0.1) is 10.2 Å². The molecule has 2 heterocycles. The highest BCUT2D eigenvalue weighted by Gasteiger charge is 2.13. The quantitative estimate of drug-likeness (QED) is 0.600. The highest BCUT2D eigenvalue weighted by atomic mass is 16.4. The van der Waals surface area contributed by atoms with Crippen molar-refractivity contribution in [1.29, 1.82) is 0 Å². The predicted octanol–water partition coefficient (Wildman–Crippen LogP) is 3.70. The predicted molar refractivity (Wildman–Crippen MR) is 101 cm³/mol. The Morgan fingerprint density at radius 1 is 1.00 bits per heavy atom. The first-order valence-corrected chi connectivity index (χ1v) is 8.41. The van der Waals surface area contributed by atoms with Gasteiger partial charge >= 0.3 is 0 Å². The second-order valence-corrected chi connectivity index (χ2v) is 6.13. The van der Waals surface area contributed by atoms with Gasteiger partial charge in [-0.1, -0.05) is 18.2 Å². The van der Waals surface area contributed by atoms with E-state index in [1.165, 1.54) is 0 Å². The van der Waals surface area contributed by atoms with E-state index < -0.39 is 0 Å². The van der Waals surface area contributed by atoms with Gasteiger partial charge in [-0.2, -0.15) is 5.10 Å². The molecule has 0 fully saturated rings. The van der Waals surface area contributed by atoms with Crippen LogP contribution in [0.4, 0.5) is 5.82 Å². The Morgan fingerprint density at radius 3 is 2.44 bits per heavy atom. The molecule has 7 heteroatoms. The zero-order valence-electron chi connectivity index (χ0n) is 14.9. The molecule has 0 aliphatic heterocycles. The van der Waals surface area contributed by atoms with Gasteiger partial charge in [-0.05, 0) is 42.8 Å². The van der Waals surface area contributed by atoms with E-state index in [0.717, 1.165) is 16.7 Å². The number of hydrogen-bond donors (Lipinski definition) is 1. The van der Waals surface area contributed by atoms with Crippen LogP contribution in [0.2, 0.25) is 0 Å². The third kappa shape index (κ3) is 3.48. The third-order valence-electron chi connectivity index (χ3n) is 4.15. The van der Waals surface area contributed by atoms with Crippen LogP contribution in [0.5, 0.6) is 0 Å². The Kier molecular flexibility index (Phi) is 4.25. The molecule has 0 saturated heterocycles. The van der Waals surface area contributed by atoms with Gasteiger partial charge in [-0.25, -0.2) is 0 Å². The van der Waals surface area contributed by atoms with E-state index in [9.17, 15) is 4.79 Å². The zero-order valence-corrected chi connectivity index (χ0v) is 14.9. The van der Waals surface area contributed by atoms with Crippen LogP contribution in [0.1, 0.15) is 15.9 Å². The molecule has 1 amide bonds. The maximum absolute atomic E-state index is 12.3. The molecule has 4 rings (SSSR count). The minimum atomic E-state index is -0.230. The average molecular weight is 359 g/mol. The fourth-order valence-electron chi connectivity index (χ4n) is 2.70. The van der Waals surface area contributed by atoms with Crippen LogP contribution in [0.25, 0.3) is 22.9 Å². The lowest BCUT2D eigenvalue weighted by Gasteiger charge is -2.03. The van der Waals surface area contributed by atoms with Crippen LogP contribution in [0, 0.1) is 6.92 Å². The first-order valence-electron chi connectivity index (χ1n) is 8.41. The largest absolute Gasteiger partial charge is 0.416 e. The van der Waals surface area contributed by atoms with Crippen molar-refractivity contribution in [2.24, 2.45) is 7.05 Å². The Hall–Kier alpha value is -3.74. The molecule has 2 aromatic heterocycles. The number of hydrogen-bond acceptors (Lipinski definition) is 5. The number of nitrogens with zero attached hydrogens (tertiary/aromatic N) is 4. The maximum atomic E-state index is 12.3. The zero-order chi connectivity index (χ0) is 18.8. The normalized spacial score (nSPS) is 10.7. The van der Waals surface area contributed by atoms with Gasteiger partial charge in [0.15, 0.2) is 5.82 Å². The van der Waals surface area contributed by atoms with Crippen LogP contribution < -0.4 is 5.32 Å². The third-order valence-corrected chi connectivity index (χ3v) is 4.15. The Morgan fingerprint density at radius 2 is 1.74 bits per heavy atom. The van der Waals surface area contributed by atoms with Gasteiger partial charge in [0.2, 0.25) is 11.8 Å². The molecule has 0 aliphatic carbocycles. The minimum absolute atomic E-state index is 0.230. The Balaban J connectivity index is 1.52. The van der Waals surface area contributed by atoms with E-state index in [4.69, 9.17) is 4.42 Å². The number of nitrogens with one attached hydrogen (secondary N) is 1. The molecule has 1 N–H and O–H groups in total. The van der Waals surface area contributed by atoms with E-state index >= 15 is 0 Å². The van der Waals surface area contributed by atoms with Gasteiger partial charge < -0.3 is 9.73 Å². The number of benzene rings is 2. The highest BCUT2D eigenvalue weighted by molar-refractivity contribution is 6.03. The summed E-state index contributed by atoms with van der Waals surface area (Å²) < 4.78 is 7.43. The molecule has 4 aromatic rings. The van der Waals surface area contributed by atoms with Crippen LogP contribution in [-0.4, -0.2) is 25.9 Å². The molecule has 0 unspecified atom stereocenters. The summed E-state index contributed by atoms with van der Waals surface area (Å²) in [6.45, 7) is 1.99. The number of anilines is 1. The molecule has 0 atom stereocenters. The lowest BCUT2D eigenvalue weighted by molar-refractivity contribution is 0.102. The number of carbonyl (C=O) groups excluding carboxylic acids is 1. The highest BCUT2D eigenvalue weighted by Crippen LogP contribution is 2.26. The molecule has 134 valence electrons. The van der Waals surface area contributed by atoms with Crippen molar-refractivity contribution in [3.05, 3.63) is 71.9 Å².